The third-order valence-electron chi connectivity index (χ3n) is 3.66. The second kappa shape index (κ2) is 8.68. The largest absolute Gasteiger partial charge is 0.461 e. The fourth-order valence-corrected chi connectivity index (χ4v) is 2.89. The SMILES string of the molecule is CCOC(=O)/C(=N/OS(=O)(=O)c1ccc(C)cc1)c1ccc(N(C)C)cc1. The monoisotopic (exact) mass is 390 g/mol. The van der Waals surface area contributed by atoms with E-state index in [4.69, 9.17) is 9.02 Å². The number of carbonyl (C=O) groups is 1. The fraction of sp³-hybridized carbons (Fsp3) is 0.263. The molecule has 2 rings (SSSR count). The number of hydrogen-bond acceptors (Lipinski definition) is 7. The quantitative estimate of drug-likeness (QED) is 0.411. The molecule has 0 bridgehead atoms. The van der Waals surface area contributed by atoms with E-state index in [9.17, 15) is 13.2 Å². The molecule has 0 N–H and O–H groups in total. The van der Waals surface area contributed by atoms with Gasteiger partial charge in [0, 0.05) is 25.3 Å². The average Bonchev–Trinajstić information content (AvgIpc) is 2.63. The van der Waals surface area contributed by atoms with Gasteiger partial charge in [0.05, 0.1) is 6.61 Å². The number of hydrogen-bond donors (Lipinski definition) is 0. The summed E-state index contributed by atoms with van der Waals surface area (Å²) in [6.07, 6.45) is 0. The van der Waals surface area contributed by atoms with Crippen LogP contribution >= 0.6 is 0 Å². The highest BCUT2D eigenvalue weighted by Crippen LogP contribution is 2.16. The number of oxime groups is 1. The first-order valence-corrected chi connectivity index (χ1v) is 9.68. The summed E-state index contributed by atoms with van der Waals surface area (Å²) in [6.45, 7) is 3.61. The molecule has 0 unspecified atom stereocenters. The van der Waals surface area contributed by atoms with Gasteiger partial charge in [0.15, 0.2) is 5.71 Å². The van der Waals surface area contributed by atoms with Gasteiger partial charge >= 0.3 is 16.1 Å². The van der Waals surface area contributed by atoms with Crippen LogP contribution in [0.25, 0.3) is 0 Å². The number of nitrogens with zero attached hydrogens (tertiary/aromatic N) is 2. The molecule has 7 nitrogen and oxygen atoms in total. The maximum absolute atomic E-state index is 12.3. The van der Waals surface area contributed by atoms with Crippen LogP contribution in [0.15, 0.2) is 58.6 Å². The zero-order valence-electron chi connectivity index (χ0n) is 15.7. The smallest absolute Gasteiger partial charge is 0.361 e. The van der Waals surface area contributed by atoms with Crippen molar-refractivity contribution in [3.63, 3.8) is 0 Å². The Morgan fingerprint density at radius 1 is 1.04 bits per heavy atom. The van der Waals surface area contributed by atoms with Gasteiger partial charge in [0.1, 0.15) is 4.90 Å². The molecule has 0 radical (unpaired) electrons. The predicted molar refractivity (Wildman–Crippen MR) is 103 cm³/mol. The van der Waals surface area contributed by atoms with Crippen molar-refractivity contribution in [3.05, 3.63) is 59.7 Å². The minimum Gasteiger partial charge on any atom is -0.461 e. The number of ether oxygens (including phenoxy) is 1. The van der Waals surface area contributed by atoms with Crippen molar-refractivity contribution >= 4 is 27.5 Å². The zero-order valence-corrected chi connectivity index (χ0v) is 16.5. The highest BCUT2D eigenvalue weighted by molar-refractivity contribution is 7.86. The number of aryl methyl sites for hydroxylation is 1. The van der Waals surface area contributed by atoms with Gasteiger partial charge < -0.3 is 9.64 Å². The number of rotatable bonds is 7. The second-order valence-corrected chi connectivity index (χ2v) is 7.47. The topological polar surface area (TPSA) is 85.3 Å². The van der Waals surface area contributed by atoms with Gasteiger partial charge in [-0.2, -0.15) is 8.42 Å². The van der Waals surface area contributed by atoms with Crippen molar-refractivity contribution in [2.45, 2.75) is 18.7 Å². The minimum atomic E-state index is -4.15. The molecule has 2 aromatic rings. The van der Waals surface area contributed by atoms with Crippen LogP contribution in [0.1, 0.15) is 18.1 Å². The van der Waals surface area contributed by atoms with Crippen LogP contribution in [0.2, 0.25) is 0 Å². The Morgan fingerprint density at radius 2 is 1.63 bits per heavy atom. The summed E-state index contributed by atoms with van der Waals surface area (Å²) in [5, 5.41) is 3.60. The number of esters is 1. The van der Waals surface area contributed by atoms with Crippen molar-refractivity contribution in [1.29, 1.82) is 0 Å². The molecule has 0 aliphatic rings. The van der Waals surface area contributed by atoms with Crippen LogP contribution in [0.3, 0.4) is 0 Å². The number of anilines is 1. The van der Waals surface area contributed by atoms with Gasteiger partial charge in [-0.1, -0.05) is 35.0 Å². The van der Waals surface area contributed by atoms with Crippen LogP contribution in [0.4, 0.5) is 5.69 Å². The lowest BCUT2D eigenvalue weighted by Gasteiger charge is -2.13. The summed E-state index contributed by atoms with van der Waals surface area (Å²) < 4.78 is 34.4. The van der Waals surface area contributed by atoms with Crippen LogP contribution < -0.4 is 4.90 Å². The molecule has 0 spiro atoms. The van der Waals surface area contributed by atoms with E-state index in [1.807, 2.05) is 25.9 Å². The van der Waals surface area contributed by atoms with E-state index in [1.165, 1.54) is 12.1 Å². The third kappa shape index (κ3) is 5.30. The first kappa shape index (κ1) is 20.4. The molecule has 0 heterocycles. The molecular weight excluding hydrogens is 368 g/mol. The molecule has 2 aromatic carbocycles. The highest BCUT2D eigenvalue weighted by atomic mass is 32.2. The molecule has 0 amide bonds. The van der Waals surface area contributed by atoms with Crippen molar-refractivity contribution in [2.75, 3.05) is 25.6 Å². The molecule has 0 aliphatic carbocycles. The van der Waals surface area contributed by atoms with Crippen molar-refractivity contribution in [3.8, 4) is 0 Å². The molecule has 0 saturated carbocycles. The van der Waals surface area contributed by atoms with Crippen LogP contribution in [-0.2, 0) is 23.9 Å². The summed E-state index contributed by atoms with van der Waals surface area (Å²) in [5.74, 6) is -0.769. The van der Waals surface area contributed by atoms with E-state index in [1.54, 1.807) is 43.3 Å². The molecule has 8 heteroatoms. The van der Waals surface area contributed by atoms with E-state index >= 15 is 0 Å². The van der Waals surface area contributed by atoms with Gasteiger partial charge in [-0.15, -0.1) is 0 Å². The lowest BCUT2D eigenvalue weighted by atomic mass is 10.1. The lowest BCUT2D eigenvalue weighted by molar-refractivity contribution is -0.135. The standard InChI is InChI=1S/C19H22N2O5S/c1-5-25-19(22)18(15-8-10-16(11-9-15)21(3)4)20-26-27(23,24)17-12-6-14(2)7-13-17/h6-13H,5H2,1-4H3/b20-18+. The van der Waals surface area contributed by atoms with Gasteiger partial charge in [-0.05, 0) is 38.1 Å². The molecule has 144 valence electrons. The predicted octanol–water partition coefficient (Wildman–Crippen LogP) is 2.73. The lowest BCUT2D eigenvalue weighted by Crippen LogP contribution is -2.20. The van der Waals surface area contributed by atoms with E-state index in [0.717, 1.165) is 11.3 Å². The molecule has 0 aromatic heterocycles. The van der Waals surface area contributed by atoms with Gasteiger partial charge in [0.2, 0.25) is 0 Å². The average molecular weight is 390 g/mol. The van der Waals surface area contributed by atoms with Gasteiger partial charge in [-0.25, -0.2) is 4.79 Å². The summed E-state index contributed by atoms with van der Waals surface area (Å²) >= 11 is 0. The van der Waals surface area contributed by atoms with E-state index < -0.39 is 16.1 Å². The Morgan fingerprint density at radius 3 is 2.15 bits per heavy atom. The fourth-order valence-electron chi connectivity index (χ4n) is 2.16. The Bertz CT molecular complexity index is 918. The summed E-state index contributed by atoms with van der Waals surface area (Å²) in [5.41, 5.74) is 1.98. The van der Waals surface area contributed by atoms with E-state index in [-0.39, 0.29) is 17.2 Å². The summed E-state index contributed by atoms with van der Waals surface area (Å²) in [4.78, 5) is 14.1. The molecule has 0 aliphatic heterocycles. The van der Waals surface area contributed by atoms with E-state index in [2.05, 4.69) is 5.16 Å². The second-order valence-electron chi connectivity index (χ2n) is 5.94. The zero-order chi connectivity index (χ0) is 20.0. The first-order valence-electron chi connectivity index (χ1n) is 8.28. The van der Waals surface area contributed by atoms with Gasteiger partial charge in [0.25, 0.3) is 0 Å². The van der Waals surface area contributed by atoms with Crippen molar-refractivity contribution < 1.29 is 22.2 Å². The van der Waals surface area contributed by atoms with E-state index in [0.29, 0.717) is 5.56 Å². The van der Waals surface area contributed by atoms with Crippen molar-refractivity contribution in [2.24, 2.45) is 5.16 Å². The number of carbonyl (C=O) groups excluding carboxylic acids is 1. The Kier molecular flexibility index (Phi) is 6.57. The Hall–Kier alpha value is -2.87. The van der Waals surface area contributed by atoms with Crippen LogP contribution in [0, 0.1) is 6.92 Å². The van der Waals surface area contributed by atoms with Crippen LogP contribution in [0.5, 0.6) is 0 Å². The maximum atomic E-state index is 12.3. The Labute approximate surface area is 159 Å². The highest BCUT2D eigenvalue weighted by Gasteiger charge is 2.21. The molecule has 27 heavy (non-hydrogen) atoms. The van der Waals surface area contributed by atoms with Crippen molar-refractivity contribution in [1.82, 2.24) is 0 Å². The third-order valence-corrected chi connectivity index (χ3v) is 4.78. The minimum absolute atomic E-state index is 0.0528. The maximum Gasteiger partial charge on any atom is 0.361 e. The first-order chi connectivity index (χ1) is 12.7. The Balaban J connectivity index is 2.35. The molecule has 0 fully saturated rings. The normalized spacial score (nSPS) is 11.8. The van der Waals surface area contributed by atoms with Gasteiger partial charge in [-0.3, -0.25) is 4.28 Å². The molecule has 0 saturated heterocycles. The summed E-state index contributed by atoms with van der Waals surface area (Å²) in [7, 11) is -0.391. The van der Waals surface area contributed by atoms with Crippen LogP contribution in [-0.4, -0.2) is 40.8 Å². The molecular formula is C19H22N2O5S. The molecule has 0 atom stereocenters. The number of benzene rings is 2. The summed E-state index contributed by atoms with van der Waals surface area (Å²) in [6, 6.07) is 13.0.